The van der Waals surface area contributed by atoms with Crippen LogP contribution >= 0.6 is 17.0 Å². The summed E-state index contributed by atoms with van der Waals surface area (Å²) in [6.45, 7) is 8.25. The first-order valence-corrected chi connectivity index (χ1v) is 33.7. The molecule has 0 heterocycles. The van der Waals surface area contributed by atoms with Crippen LogP contribution < -0.4 is 0 Å². The SMILES string of the molecule is CCC1=Cc2c(-c3ccc(C(F)(F)C(F)(F)F)cc3)cccc2[CH]1[Zr]([Cl])([Cl])([CH]1C(CC)=Cc2c(-c3ccc(C(F)(F)C(F)(F)F)cc3)cccc21)[SiH](C)C. The molecule has 2 unspecified atom stereocenters. The van der Waals surface area contributed by atoms with Crippen LogP contribution in [0.5, 0.6) is 0 Å². The van der Waals surface area contributed by atoms with Crippen LogP contribution in [0.2, 0.25) is 13.1 Å². The Bertz CT molecular complexity index is 2000. The standard InChI is InChI=1S/2C19H14F5.C2H7Si.2ClH.Zr/c2*1-2-12-10-14-4-3-5-16(17(14)11-12)13-6-8-15(9-7-13)18(20,21)19(22,23)24;1-3-2;;;/h2*3-11H,2H2,1H3;3H,1-2H3;2*1H;/q;;;;;+2/p-2. The average molecular weight is 896 g/mol. The second-order valence-electron chi connectivity index (χ2n) is 14.3. The Morgan fingerprint density at radius 3 is 1.15 bits per heavy atom. The van der Waals surface area contributed by atoms with E-state index in [0.717, 1.165) is 57.7 Å². The van der Waals surface area contributed by atoms with Gasteiger partial charge in [0.25, 0.3) is 0 Å². The van der Waals surface area contributed by atoms with Crippen molar-refractivity contribution in [3.05, 3.63) is 129 Å². The van der Waals surface area contributed by atoms with E-state index >= 15 is 0 Å². The molecule has 0 aromatic heterocycles. The van der Waals surface area contributed by atoms with Gasteiger partial charge in [-0.2, -0.15) is 0 Å². The van der Waals surface area contributed by atoms with Crippen molar-refractivity contribution in [2.24, 2.45) is 0 Å². The number of hydrogen-bond acceptors (Lipinski definition) is 0. The predicted molar refractivity (Wildman–Crippen MR) is 196 cm³/mol. The summed E-state index contributed by atoms with van der Waals surface area (Å²) in [6.07, 6.45) is -6.29. The molecule has 0 aliphatic heterocycles. The third kappa shape index (κ3) is 6.29. The van der Waals surface area contributed by atoms with Gasteiger partial charge in [0.15, 0.2) is 0 Å². The molecule has 0 spiro atoms. The molecular formula is C40H35Cl2F10SiZr. The van der Waals surface area contributed by atoms with Crippen molar-refractivity contribution in [3.63, 3.8) is 0 Å². The summed E-state index contributed by atoms with van der Waals surface area (Å²) in [5.41, 5.74) is 5.12. The van der Waals surface area contributed by atoms with E-state index in [-0.39, 0.29) is 7.25 Å². The van der Waals surface area contributed by atoms with E-state index in [0.29, 0.717) is 35.1 Å². The summed E-state index contributed by atoms with van der Waals surface area (Å²) < 4.78 is 134. The van der Waals surface area contributed by atoms with Gasteiger partial charge in [-0.25, -0.2) is 0 Å². The van der Waals surface area contributed by atoms with Crippen molar-refractivity contribution >= 4 is 35.1 Å². The molecule has 0 fully saturated rings. The Morgan fingerprint density at radius 1 is 0.537 bits per heavy atom. The van der Waals surface area contributed by atoms with E-state index in [1.54, 1.807) is 24.3 Å². The Hall–Kier alpha value is -2.66. The number of hydrogen-bond donors (Lipinski definition) is 0. The van der Waals surface area contributed by atoms with Crippen LogP contribution in [0.15, 0.2) is 96.1 Å². The third-order valence-electron chi connectivity index (χ3n) is 11.2. The first kappa shape index (κ1) is 41.0. The zero-order valence-corrected chi connectivity index (χ0v) is 34.5. The van der Waals surface area contributed by atoms with E-state index in [9.17, 15) is 43.9 Å². The van der Waals surface area contributed by atoms with Gasteiger partial charge in [-0.05, 0) is 0 Å². The molecule has 0 saturated carbocycles. The second-order valence-corrected chi connectivity index (χ2v) is 56.8. The molecule has 6 rings (SSSR count). The molecule has 54 heavy (non-hydrogen) atoms. The van der Waals surface area contributed by atoms with Gasteiger partial charge >= 0.3 is 318 Å². The Morgan fingerprint density at radius 2 is 0.870 bits per heavy atom. The molecule has 287 valence electrons. The summed E-state index contributed by atoms with van der Waals surface area (Å²) >= 11 is -5.30. The van der Waals surface area contributed by atoms with E-state index < -0.39 is 56.8 Å². The number of alkyl halides is 10. The molecule has 2 atom stereocenters. The van der Waals surface area contributed by atoms with Crippen LogP contribution in [0.1, 0.15) is 67.3 Å². The summed E-state index contributed by atoms with van der Waals surface area (Å²) in [5, 5.41) is 0. The minimum absolute atomic E-state index is 0.367. The van der Waals surface area contributed by atoms with Crippen molar-refractivity contribution in [3.8, 4) is 22.3 Å². The van der Waals surface area contributed by atoms with E-state index in [1.807, 2.05) is 38.1 Å². The second kappa shape index (κ2) is 13.8. The van der Waals surface area contributed by atoms with Gasteiger partial charge in [-0.1, -0.05) is 0 Å². The van der Waals surface area contributed by atoms with Gasteiger partial charge in [-0.3, -0.25) is 0 Å². The molecule has 14 heteroatoms. The number of halogens is 12. The molecule has 0 saturated heterocycles. The Balaban J connectivity index is 1.47. The Kier molecular flexibility index (Phi) is 10.5. The first-order valence-electron chi connectivity index (χ1n) is 17.4. The zero-order valence-electron chi connectivity index (χ0n) is 29.4. The first-order chi connectivity index (χ1) is 25.0. The summed E-state index contributed by atoms with van der Waals surface area (Å²) in [5.74, 6) is -12.1. The van der Waals surface area contributed by atoms with Crippen LogP contribution in [-0.4, -0.2) is 18.3 Å². The molecule has 0 radical (unpaired) electrons. The van der Waals surface area contributed by atoms with Gasteiger partial charge in [0.05, 0.1) is 0 Å². The van der Waals surface area contributed by atoms with Gasteiger partial charge < -0.3 is 0 Å². The number of rotatable bonds is 9. The summed E-state index contributed by atoms with van der Waals surface area (Å²) in [4.78, 5) is 0. The van der Waals surface area contributed by atoms with Crippen molar-refractivity contribution in [1.82, 2.24) is 0 Å². The van der Waals surface area contributed by atoms with Crippen molar-refractivity contribution in [2.75, 3.05) is 0 Å². The van der Waals surface area contributed by atoms with E-state index in [4.69, 9.17) is 17.0 Å². The van der Waals surface area contributed by atoms with Crippen LogP contribution in [0.3, 0.4) is 0 Å². The molecule has 0 bridgehead atoms. The molecule has 0 amide bonds. The topological polar surface area (TPSA) is 0 Å². The third-order valence-corrected chi connectivity index (χ3v) is 63.0. The fourth-order valence-electron chi connectivity index (χ4n) is 8.23. The van der Waals surface area contributed by atoms with Gasteiger partial charge in [0, 0.05) is 0 Å². The number of benzene rings is 4. The number of allylic oxidation sites excluding steroid dienone is 2. The van der Waals surface area contributed by atoms with Crippen LogP contribution in [-0.2, 0) is 27.4 Å². The van der Waals surface area contributed by atoms with Gasteiger partial charge in [0.1, 0.15) is 0 Å². The summed E-state index contributed by atoms with van der Waals surface area (Å²) in [6, 6.07) is 19.2. The molecular weight excluding hydrogens is 861 g/mol. The molecule has 2 aliphatic rings. The molecule has 4 aromatic rings. The minimum atomic E-state index is -5.75. The maximum absolute atomic E-state index is 14.1. The fraction of sp³-hybridized carbons (Fsp3) is 0.300. The van der Waals surface area contributed by atoms with Crippen LogP contribution in [0, 0.1) is 0 Å². The van der Waals surface area contributed by atoms with Crippen molar-refractivity contribution in [2.45, 2.75) is 71.2 Å². The van der Waals surface area contributed by atoms with Crippen molar-refractivity contribution in [1.29, 1.82) is 0 Å². The fourth-order valence-corrected chi connectivity index (χ4v) is 40.0. The van der Waals surface area contributed by atoms with Crippen molar-refractivity contribution < 1.29 is 59.5 Å². The number of fused-ring (bicyclic) bond motifs is 2. The normalized spacial score (nSPS) is 18.6. The Labute approximate surface area is 315 Å². The van der Waals surface area contributed by atoms with Gasteiger partial charge in [-0.15, -0.1) is 0 Å². The maximum atomic E-state index is 14.1. The monoisotopic (exact) mass is 893 g/mol. The molecule has 2 aliphatic carbocycles. The van der Waals surface area contributed by atoms with Crippen LogP contribution in [0.25, 0.3) is 34.4 Å². The van der Waals surface area contributed by atoms with Gasteiger partial charge in [0.2, 0.25) is 0 Å². The zero-order chi connectivity index (χ0) is 39.8. The molecule has 0 nitrogen and oxygen atoms in total. The molecule has 4 aromatic carbocycles. The van der Waals surface area contributed by atoms with E-state index in [2.05, 4.69) is 13.1 Å². The quantitative estimate of drug-likeness (QED) is 0.116. The van der Waals surface area contributed by atoms with E-state index in [1.165, 1.54) is 24.3 Å². The average Bonchev–Trinajstić information content (AvgIpc) is 3.71. The van der Waals surface area contributed by atoms with Crippen LogP contribution in [0.4, 0.5) is 43.9 Å². The predicted octanol–water partition coefficient (Wildman–Crippen LogP) is 14.7. The summed E-state index contributed by atoms with van der Waals surface area (Å²) in [7, 11) is 16.7. The molecule has 0 N–H and O–H groups in total.